The van der Waals surface area contributed by atoms with E-state index in [1.165, 1.54) is 0 Å². The molecule has 0 radical (unpaired) electrons. The van der Waals surface area contributed by atoms with Crippen LogP contribution >= 0.6 is 0 Å². The Bertz CT molecular complexity index is 896. The van der Waals surface area contributed by atoms with Gasteiger partial charge in [-0.2, -0.15) is 0 Å². The van der Waals surface area contributed by atoms with Gasteiger partial charge in [-0.05, 0) is 75.9 Å². The van der Waals surface area contributed by atoms with Crippen LogP contribution in [0.5, 0.6) is 5.75 Å². The molecule has 0 aliphatic carbocycles. The second kappa shape index (κ2) is 8.90. The van der Waals surface area contributed by atoms with Gasteiger partial charge in [-0.1, -0.05) is 17.2 Å². The van der Waals surface area contributed by atoms with Gasteiger partial charge in [0.25, 0.3) is 11.8 Å². The summed E-state index contributed by atoms with van der Waals surface area (Å²) in [5, 5.41) is 0. The molecule has 5 nitrogen and oxygen atoms in total. The van der Waals surface area contributed by atoms with E-state index in [9.17, 15) is 9.59 Å². The van der Waals surface area contributed by atoms with Gasteiger partial charge in [-0.3, -0.25) is 9.59 Å². The first kappa shape index (κ1) is 20.5. The van der Waals surface area contributed by atoms with E-state index in [2.05, 4.69) is 6.07 Å². The number of ether oxygens (including phenoxy) is 1. The molecule has 0 N–H and O–H groups in total. The Morgan fingerprint density at radius 3 is 2.20 bits per heavy atom. The van der Waals surface area contributed by atoms with Crippen molar-refractivity contribution in [2.75, 3.05) is 26.2 Å². The van der Waals surface area contributed by atoms with E-state index in [1.54, 1.807) is 0 Å². The predicted molar refractivity (Wildman–Crippen MR) is 117 cm³/mol. The number of likely N-dealkylation sites (tertiary alicyclic amines) is 2. The van der Waals surface area contributed by atoms with Gasteiger partial charge >= 0.3 is 0 Å². The minimum atomic E-state index is 0.0734. The van der Waals surface area contributed by atoms with E-state index in [0.717, 1.165) is 67.8 Å². The van der Waals surface area contributed by atoms with Crippen LogP contribution in [0.25, 0.3) is 0 Å². The first-order chi connectivity index (χ1) is 14.5. The number of amides is 2. The summed E-state index contributed by atoms with van der Waals surface area (Å²) >= 11 is 0. The number of carbonyl (C=O) groups excluding carboxylic acids is 2. The molecule has 0 bridgehead atoms. The third-order valence-electron chi connectivity index (χ3n) is 6.04. The fraction of sp³-hybridized carbons (Fsp3) is 0.440. The van der Waals surface area contributed by atoms with Crippen molar-refractivity contribution in [1.82, 2.24) is 9.80 Å². The molecular formula is C25H30N2O3. The third-order valence-corrected chi connectivity index (χ3v) is 6.04. The zero-order valence-electron chi connectivity index (χ0n) is 17.9. The lowest BCUT2D eigenvalue weighted by Crippen LogP contribution is -2.39. The average molecular weight is 407 g/mol. The summed E-state index contributed by atoms with van der Waals surface area (Å²) in [7, 11) is 0. The Balaban J connectivity index is 1.36. The van der Waals surface area contributed by atoms with Crippen LogP contribution in [0.4, 0.5) is 0 Å². The first-order valence-electron chi connectivity index (χ1n) is 10.9. The molecule has 30 heavy (non-hydrogen) atoms. The van der Waals surface area contributed by atoms with Gasteiger partial charge in [-0.15, -0.1) is 0 Å². The average Bonchev–Trinajstić information content (AvgIpc) is 3.43. The fourth-order valence-corrected chi connectivity index (χ4v) is 4.53. The molecule has 2 aromatic rings. The maximum absolute atomic E-state index is 13.0. The molecule has 2 aliphatic heterocycles. The Hall–Kier alpha value is -2.82. The van der Waals surface area contributed by atoms with E-state index >= 15 is 0 Å². The molecule has 5 heteroatoms. The molecule has 0 saturated carbocycles. The van der Waals surface area contributed by atoms with Gasteiger partial charge < -0.3 is 14.5 Å². The third kappa shape index (κ3) is 4.50. The van der Waals surface area contributed by atoms with Crippen LogP contribution in [0.2, 0.25) is 0 Å². The second-order valence-corrected chi connectivity index (χ2v) is 8.51. The highest BCUT2D eigenvalue weighted by molar-refractivity contribution is 5.95. The standard InChI is InChI=1S/C25H30N2O3/c1-18-14-19(2)16-21(15-18)25(29)27-13-5-6-22(27)17-30-23-9-7-20(8-10-23)24(28)26-11-3-4-12-26/h7-10,14-16,22H,3-6,11-13,17H2,1-2H3. The van der Waals surface area contributed by atoms with E-state index in [1.807, 2.05) is 60.0 Å². The number of hydrogen-bond acceptors (Lipinski definition) is 3. The van der Waals surface area contributed by atoms with Crippen molar-refractivity contribution < 1.29 is 14.3 Å². The molecule has 2 aliphatic rings. The van der Waals surface area contributed by atoms with Crippen LogP contribution < -0.4 is 4.74 Å². The molecule has 0 spiro atoms. The molecule has 4 rings (SSSR count). The smallest absolute Gasteiger partial charge is 0.254 e. The van der Waals surface area contributed by atoms with Crippen LogP contribution in [0.15, 0.2) is 42.5 Å². The number of rotatable bonds is 5. The number of nitrogens with zero attached hydrogens (tertiary/aromatic N) is 2. The molecule has 1 unspecified atom stereocenters. The van der Waals surface area contributed by atoms with Crippen LogP contribution in [0.1, 0.15) is 57.5 Å². The molecular weight excluding hydrogens is 376 g/mol. The second-order valence-electron chi connectivity index (χ2n) is 8.51. The maximum atomic E-state index is 13.0. The van der Waals surface area contributed by atoms with Crippen molar-refractivity contribution in [3.8, 4) is 5.75 Å². The first-order valence-corrected chi connectivity index (χ1v) is 10.9. The van der Waals surface area contributed by atoms with Gasteiger partial charge in [0.15, 0.2) is 0 Å². The molecule has 2 fully saturated rings. The van der Waals surface area contributed by atoms with E-state index in [0.29, 0.717) is 12.2 Å². The van der Waals surface area contributed by atoms with Crippen molar-refractivity contribution in [3.05, 3.63) is 64.7 Å². The number of benzene rings is 2. The monoisotopic (exact) mass is 406 g/mol. The molecule has 2 amide bonds. The number of aryl methyl sites for hydroxylation is 2. The molecule has 2 saturated heterocycles. The van der Waals surface area contributed by atoms with Gasteiger partial charge in [0.05, 0.1) is 6.04 Å². The van der Waals surface area contributed by atoms with E-state index < -0.39 is 0 Å². The Morgan fingerprint density at radius 2 is 1.53 bits per heavy atom. The van der Waals surface area contributed by atoms with Crippen LogP contribution in [0, 0.1) is 13.8 Å². The van der Waals surface area contributed by atoms with Crippen LogP contribution in [-0.2, 0) is 0 Å². The fourth-order valence-electron chi connectivity index (χ4n) is 4.53. The van der Waals surface area contributed by atoms with Gasteiger partial charge in [0, 0.05) is 30.8 Å². The minimum Gasteiger partial charge on any atom is -0.491 e. The Morgan fingerprint density at radius 1 is 0.867 bits per heavy atom. The molecule has 2 heterocycles. The lowest BCUT2D eigenvalue weighted by atomic mass is 10.1. The highest BCUT2D eigenvalue weighted by Crippen LogP contribution is 2.23. The van der Waals surface area contributed by atoms with Gasteiger partial charge in [-0.25, -0.2) is 0 Å². The number of carbonyl (C=O) groups is 2. The van der Waals surface area contributed by atoms with E-state index in [4.69, 9.17) is 4.74 Å². The van der Waals surface area contributed by atoms with Gasteiger partial charge in [0.2, 0.25) is 0 Å². The maximum Gasteiger partial charge on any atom is 0.254 e. The topological polar surface area (TPSA) is 49.9 Å². The summed E-state index contributed by atoms with van der Waals surface area (Å²) < 4.78 is 6.00. The predicted octanol–water partition coefficient (Wildman–Crippen LogP) is 4.22. The Kier molecular flexibility index (Phi) is 6.07. The number of hydrogen-bond donors (Lipinski definition) is 0. The summed E-state index contributed by atoms with van der Waals surface area (Å²) in [5.41, 5.74) is 3.67. The molecule has 0 aromatic heterocycles. The largest absolute Gasteiger partial charge is 0.491 e. The summed E-state index contributed by atoms with van der Waals surface area (Å²) in [6.07, 6.45) is 4.12. The lowest BCUT2D eigenvalue weighted by molar-refractivity contribution is 0.0690. The summed E-state index contributed by atoms with van der Waals surface area (Å²) in [5.74, 6) is 0.915. The van der Waals surface area contributed by atoms with Crippen molar-refractivity contribution in [2.24, 2.45) is 0 Å². The zero-order valence-corrected chi connectivity index (χ0v) is 17.9. The minimum absolute atomic E-state index is 0.0734. The van der Waals surface area contributed by atoms with Crippen molar-refractivity contribution in [1.29, 1.82) is 0 Å². The zero-order chi connectivity index (χ0) is 21.1. The van der Waals surface area contributed by atoms with Crippen LogP contribution in [-0.4, -0.2) is 53.9 Å². The molecule has 1 atom stereocenters. The molecule has 158 valence electrons. The molecule has 2 aromatic carbocycles. The van der Waals surface area contributed by atoms with Crippen molar-refractivity contribution in [2.45, 2.75) is 45.6 Å². The normalized spacial score (nSPS) is 18.7. The highest BCUT2D eigenvalue weighted by atomic mass is 16.5. The summed E-state index contributed by atoms with van der Waals surface area (Å²) in [6, 6.07) is 13.5. The van der Waals surface area contributed by atoms with Gasteiger partial charge in [0.1, 0.15) is 12.4 Å². The highest BCUT2D eigenvalue weighted by Gasteiger charge is 2.30. The Labute approximate surface area is 178 Å². The van der Waals surface area contributed by atoms with E-state index in [-0.39, 0.29) is 17.9 Å². The lowest BCUT2D eigenvalue weighted by Gasteiger charge is -2.25. The van der Waals surface area contributed by atoms with Crippen LogP contribution in [0.3, 0.4) is 0 Å². The van der Waals surface area contributed by atoms with Crippen molar-refractivity contribution in [3.63, 3.8) is 0 Å². The summed E-state index contributed by atoms with van der Waals surface area (Å²) in [6.45, 7) is 6.98. The van der Waals surface area contributed by atoms with Crippen molar-refractivity contribution >= 4 is 11.8 Å². The summed E-state index contributed by atoms with van der Waals surface area (Å²) in [4.78, 5) is 29.4. The SMILES string of the molecule is Cc1cc(C)cc(C(=O)N2CCCC2COc2ccc(C(=O)N3CCCC3)cc2)c1. The quantitative estimate of drug-likeness (QED) is 0.747.